The highest BCUT2D eigenvalue weighted by Gasteiger charge is 2.32. The zero-order valence-corrected chi connectivity index (χ0v) is 9.84. The van der Waals surface area contributed by atoms with Gasteiger partial charge in [-0.25, -0.2) is 0 Å². The van der Waals surface area contributed by atoms with Crippen molar-refractivity contribution in [2.75, 3.05) is 6.54 Å². The van der Waals surface area contributed by atoms with Gasteiger partial charge in [-0.15, -0.1) is 0 Å². The largest absolute Gasteiger partial charge is 0.290 e. The van der Waals surface area contributed by atoms with Crippen molar-refractivity contribution in [3.8, 4) is 0 Å². The minimum Gasteiger partial charge on any atom is -0.290 e. The molecule has 1 aliphatic carbocycles. The molecule has 1 aromatic rings. The number of nitrogens with zero attached hydrogens (tertiary/aromatic N) is 1. The molecule has 0 amide bonds. The average molecular weight is 213 g/mol. The van der Waals surface area contributed by atoms with Crippen LogP contribution < -0.4 is 0 Å². The summed E-state index contributed by atoms with van der Waals surface area (Å²) in [7, 11) is 0. The SMILES string of the molecule is C[C@H](c1ccccc1)N1CC2C=C[C@H]1CC2. The summed E-state index contributed by atoms with van der Waals surface area (Å²) >= 11 is 0. The van der Waals surface area contributed by atoms with Crippen LogP contribution in [0, 0.1) is 5.92 Å². The fraction of sp³-hybridized carbons (Fsp3) is 0.467. The molecular weight excluding hydrogens is 194 g/mol. The quantitative estimate of drug-likeness (QED) is 0.681. The summed E-state index contributed by atoms with van der Waals surface area (Å²) in [6.07, 6.45) is 7.57. The number of hydrogen-bond donors (Lipinski definition) is 0. The minimum absolute atomic E-state index is 0.555. The first-order chi connectivity index (χ1) is 7.84. The molecule has 0 spiro atoms. The van der Waals surface area contributed by atoms with E-state index < -0.39 is 0 Å². The summed E-state index contributed by atoms with van der Waals surface area (Å²) < 4.78 is 0. The van der Waals surface area contributed by atoms with Crippen molar-refractivity contribution in [2.24, 2.45) is 5.92 Å². The normalized spacial score (nSPS) is 30.6. The fourth-order valence-corrected chi connectivity index (χ4v) is 3.07. The highest BCUT2D eigenvalue weighted by Crippen LogP contribution is 2.35. The summed E-state index contributed by atoms with van der Waals surface area (Å²) in [5.41, 5.74) is 1.45. The predicted octanol–water partition coefficient (Wildman–Crippen LogP) is 3.40. The van der Waals surface area contributed by atoms with Gasteiger partial charge >= 0.3 is 0 Å². The van der Waals surface area contributed by atoms with E-state index in [0.29, 0.717) is 12.1 Å². The van der Waals surface area contributed by atoms with Crippen LogP contribution in [-0.2, 0) is 0 Å². The Morgan fingerprint density at radius 1 is 1.12 bits per heavy atom. The molecule has 3 aliphatic rings. The molecule has 2 aliphatic heterocycles. The second kappa shape index (κ2) is 4.06. The molecule has 0 saturated carbocycles. The monoisotopic (exact) mass is 213 g/mol. The Labute approximate surface area is 97.8 Å². The van der Waals surface area contributed by atoms with Crippen LogP contribution in [0.1, 0.15) is 31.4 Å². The van der Waals surface area contributed by atoms with Crippen molar-refractivity contribution in [2.45, 2.75) is 31.8 Å². The Hall–Kier alpha value is -1.08. The second-order valence-corrected chi connectivity index (χ2v) is 5.07. The van der Waals surface area contributed by atoms with E-state index in [9.17, 15) is 0 Å². The highest BCUT2D eigenvalue weighted by atomic mass is 15.2. The van der Waals surface area contributed by atoms with E-state index in [0.717, 1.165) is 5.92 Å². The standard InChI is InChI=1S/C15H19N/c1-12(14-5-3-2-4-6-14)16-11-13-7-9-15(16)10-8-13/h2-7,9,12-13,15H,8,10-11H2,1H3/t12-,13?,15+/m1/s1. The lowest BCUT2D eigenvalue weighted by Crippen LogP contribution is -2.46. The molecule has 1 aromatic carbocycles. The second-order valence-electron chi connectivity index (χ2n) is 5.07. The summed E-state index contributed by atoms with van der Waals surface area (Å²) in [6.45, 7) is 3.58. The van der Waals surface area contributed by atoms with Gasteiger partial charge in [-0.1, -0.05) is 42.5 Å². The van der Waals surface area contributed by atoms with Crippen LogP contribution in [0.5, 0.6) is 0 Å². The zero-order valence-electron chi connectivity index (χ0n) is 9.84. The molecule has 2 heterocycles. The van der Waals surface area contributed by atoms with Gasteiger partial charge in [0.25, 0.3) is 0 Å². The maximum Gasteiger partial charge on any atom is 0.0326 e. The van der Waals surface area contributed by atoms with Crippen LogP contribution in [0.2, 0.25) is 0 Å². The van der Waals surface area contributed by atoms with Crippen molar-refractivity contribution >= 4 is 0 Å². The molecule has 1 fully saturated rings. The Kier molecular flexibility index (Phi) is 2.56. The molecule has 16 heavy (non-hydrogen) atoms. The van der Waals surface area contributed by atoms with Crippen LogP contribution in [0.25, 0.3) is 0 Å². The van der Waals surface area contributed by atoms with Crippen LogP contribution in [0.4, 0.5) is 0 Å². The predicted molar refractivity (Wildman–Crippen MR) is 67.2 cm³/mol. The Morgan fingerprint density at radius 3 is 2.50 bits per heavy atom. The third-order valence-electron chi connectivity index (χ3n) is 4.09. The van der Waals surface area contributed by atoms with Crippen molar-refractivity contribution in [3.63, 3.8) is 0 Å². The average Bonchev–Trinajstić information content (AvgIpc) is 2.40. The molecule has 0 aromatic heterocycles. The molecule has 0 N–H and O–H groups in total. The van der Waals surface area contributed by atoms with Crippen molar-refractivity contribution in [1.82, 2.24) is 4.90 Å². The van der Waals surface area contributed by atoms with Gasteiger partial charge in [-0.05, 0) is 31.2 Å². The van der Waals surface area contributed by atoms with Crippen molar-refractivity contribution < 1.29 is 0 Å². The van der Waals surface area contributed by atoms with Crippen LogP contribution in [0.15, 0.2) is 42.5 Å². The van der Waals surface area contributed by atoms with Gasteiger partial charge in [0.15, 0.2) is 0 Å². The third-order valence-corrected chi connectivity index (χ3v) is 4.09. The van der Waals surface area contributed by atoms with Crippen LogP contribution in [-0.4, -0.2) is 17.5 Å². The van der Waals surface area contributed by atoms with Gasteiger partial charge < -0.3 is 0 Å². The molecular formula is C15H19N. The maximum absolute atomic E-state index is 2.66. The molecule has 2 bridgehead atoms. The third kappa shape index (κ3) is 1.69. The smallest absolute Gasteiger partial charge is 0.0326 e. The molecule has 4 rings (SSSR count). The van der Waals surface area contributed by atoms with Gasteiger partial charge in [0, 0.05) is 18.6 Å². The molecule has 84 valence electrons. The zero-order chi connectivity index (χ0) is 11.0. The Bertz CT molecular complexity index is 382. The lowest BCUT2D eigenvalue weighted by molar-refractivity contribution is 0.0953. The number of fused-ring (bicyclic) bond motifs is 2. The first-order valence-corrected chi connectivity index (χ1v) is 6.33. The maximum atomic E-state index is 2.66. The Morgan fingerprint density at radius 2 is 1.94 bits per heavy atom. The lowest BCUT2D eigenvalue weighted by atomic mass is 9.84. The highest BCUT2D eigenvalue weighted by molar-refractivity contribution is 5.20. The first-order valence-electron chi connectivity index (χ1n) is 6.33. The Balaban J connectivity index is 1.81. The number of hydrogen-bond acceptors (Lipinski definition) is 1. The molecule has 0 radical (unpaired) electrons. The van der Waals surface area contributed by atoms with Crippen molar-refractivity contribution in [1.29, 1.82) is 0 Å². The molecule has 1 unspecified atom stereocenters. The van der Waals surface area contributed by atoms with Crippen LogP contribution >= 0.6 is 0 Å². The number of piperidine rings is 1. The van der Waals surface area contributed by atoms with Crippen molar-refractivity contribution in [3.05, 3.63) is 48.0 Å². The minimum atomic E-state index is 0.555. The molecule has 1 nitrogen and oxygen atoms in total. The number of rotatable bonds is 2. The van der Waals surface area contributed by atoms with Gasteiger partial charge in [0.1, 0.15) is 0 Å². The molecule has 1 saturated heterocycles. The lowest BCUT2D eigenvalue weighted by Gasteiger charge is -2.44. The van der Waals surface area contributed by atoms with Gasteiger partial charge in [-0.3, -0.25) is 4.90 Å². The van der Waals surface area contributed by atoms with Crippen LogP contribution in [0.3, 0.4) is 0 Å². The summed E-state index contributed by atoms with van der Waals surface area (Å²) in [4.78, 5) is 2.66. The van der Waals surface area contributed by atoms with E-state index in [2.05, 4.69) is 54.3 Å². The summed E-state index contributed by atoms with van der Waals surface area (Å²) in [5, 5.41) is 0. The van der Waals surface area contributed by atoms with E-state index in [1.165, 1.54) is 24.9 Å². The fourth-order valence-electron chi connectivity index (χ4n) is 3.07. The van der Waals surface area contributed by atoms with Gasteiger partial charge in [-0.2, -0.15) is 0 Å². The van der Waals surface area contributed by atoms with E-state index in [1.54, 1.807) is 0 Å². The van der Waals surface area contributed by atoms with E-state index in [-0.39, 0.29) is 0 Å². The number of benzene rings is 1. The topological polar surface area (TPSA) is 3.24 Å². The van der Waals surface area contributed by atoms with E-state index in [1.807, 2.05) is 0 Å². The summed E-state index contributed by atoms with van der Waals surface area (Å²) in [5.74, 6) is 0.802. The van der Waals surface area contributed by atoms with E-state index >= 15 is 0 Å². The van der Waals surface area contributed by atoms with E-state index in [4.69, 9.17) is 0 Å². The first kappa shape index (κ1) is 10.1. The molecule has 1 heteroatoms. The summed E-state index contributed by atoms with van der Waals surface area (Å²) in [6, 6.07) is 12.1. The molecule has 3 atom stereocenters. The van der Waals surface area contributed by atoms with Gasteiger partial charge in [0.05, 0.1) is 0 Å². The van der Waals surface area contributed by atoms with Gasteiger partial charge in [0.2, 0.25) is 0 Å².